The normalized spacial score (nSPS) is 17.2. The Balaban J connectivity index is 2.36. The number of hydrogen-bond acceptors (Lipinski definition) is 4. The van der Waals surface area contributed by atoms with Crippen LogP contribution in [0.4, 0.5) is 0 Å². The molecule has 2 rings (SSSR count). The van der Waals surface area contributed by atoms with E-state index in [1.807, 2.05) is 12.1 Å². The number of aromatic hydroxyl groups is 1. The predicted molar refractivity (Wildman–Crippen MR) is 99.1 cm³/mol. The number of carbonyl (C=O) groups excluding carboxylic acids is 1. The van der Waals surface area contributed by atoms with Gasteiger partial charge in [0.1, 0.15) is 17.9 Å². The lowest BCUT2D eigenvalue weighted by Gasteiger charge is -2.22. The minimum Gasteiger partial charge on any atom is -0.507 e. The van der Waals surface area contributed by atoms with Gasteiger partial charge in [-0.2, -0.15) is 0 Å². The van der Waals surface area contributed by atoms with Crippen molar-refractivity contribution in [3.05, 3.63) is 40.5 Å². The van der Waals surface area contributed by atoms with Crippen molar-refractivity contribution in [1.29, 1.82) is 0 Å². The lowest BCUT2D eigenvalue weighted by molar-refractivity contribution is 0.0429. The standard InChI is InChI=1S/C21H30O4/c1-3-4-5-8-16-10-11-18(17-9-6-7-15(2)14-17)20(23)19(16)21(24)25-13-12-22/h10-11,14,17,22-23H,3-9,12-13H2,1-2H3/t17-/m0/s1. The Morgan fingerprint density at radius 1 is 1.32 bits per heavy atom. The second-order valence-electron chi connectivity index (χ2n) is 6.87. The third-order valence-corrected chi connectivity index (χ3v) is 4.85. The van der Waals surface area contributed by atoms with Gasteiger partial charge in [-0.25, -0.2) is 4.79 Å². The summed E-state index contributed by atoms with van der Waals surface area (Å²) in [4.78, 5) is 12.5. The lowest BCUT2D eigenvalue weighted by atomic mass is 9.84. The molecular formula is C21H30O4. The first kappa shape index (κ1) is 19.5. The van der Waals surface area contributed by atoms with Crippen LogP contribution in [-0.2, 0) is 11.2 Å². The highest BCUT2D eigenvalue weighted by Crippen LogP contribution is 2.38. The second kappa shape index (κ2) is 9.62. The van der Waals surface area contributed by atoms with E-state index in [4.69, 9.17) is 9.84 Å². The van der Waals surface area contributed by atoms with Gasteiger partial charge in [-0.15, -0.1) is 0 Å². The number of aliphatic hydroxyl groups excluding tert-OH is 1. The van der Waals surface area contributed by atoms with Crippen LogP contribution in [0.3, 0.4) is 0 Å². The molecule has 1 aliphatic carbocycles. The fourth-order valence-electron chi connectivity index (χ4n) is 3.52. The molecule has 0 heterocycles. The molecule has 0 fully saturated rings. The zero-order chi connectivity index (χ0) is 18.2. The van der Waals surface area contributed by atoms with Crippen LogP contribution in [0.25, 0.3) is 0 Å². The van der Waals surface area contributed by atoms with Gasteiger partial charge in [0.15, 0.2) is 0 Å². The van der Waals surface area contributed by atoms with E-state index >= 15 is 0 Å². The van der Waals surface area contributed by atoms with Gasteiger partial charge in [-0.05, 0) is 44.6 Å². The molecule has 0 saturated heterocycles. The van der Waals surface area contributed by atoms with E-state index < -0.39 is 5.97 Å². The number of benzene rings is 1. The Morgan fingerprint density at radius 2 is 2.12 bits per heavy atom. The number of hydrogen-bond donors (Lipinski definition) is 2. The molecule has 0 amide bonds. The molecule has 0 radical (unpaired) electrons. The van der Waals surface area contributed by atoms with Crippen LogP contribution in [0.1, 0.15) is 79.8 Å². The summed E-state index contributed by atoms with van der Waals surface area (Å²) >= 11 is 0. The van der Waals surface area contributed by atoms with E-state index in [-0.39, 0.29) is 30.4 Å². The number of rotatable bonds is 8. The van der Waals surface area contributed by atoms with Crippen molar-refractivity contribution >= 4 is 5.97 Å². The summed E-state index contributed by atoms with van der Waals surface area (Å²) in [6.07, 6.45) is 9.25. The van der Waals surface area contributed by atoms with Gasteiger partial charge in [0, 0.05) is 11.5 Å². The summed E-state index contributed by atoms with van der Waals surface area (Å²) in [6.45, 7) is 3.97. The summed E-state index contributed by atoms with van der Waals surface area (Å²) in [5.41, 5.74) is 3.23. The number of ether oxygens (including phenoxy) is 1. The van der Waals surface area contributed by atoms with Gasteiger partial charge in [0.2, 0.25) is 0 Å². The smallest absolute Gasteiger partial charge is 0.342 e. The maximum absolute atomic E-state index is 12.5. The van der Waals surface area contributed by atoms with Gasteiger partial charge < -0.3 is 14.9 Å². The molecule has 0 aromatic heterocycles. The number of carbonyl (C=O) groups is 1. The highest BCUT2D eigenvalue weighted by Gasteiger charge is 2.24. The van der Waals surface area contributed by atoms with E-state index in [9.17, 15) is 9.90 Å². The predicted octanol–water partition coefficient (Wildman–Crippen LogP) is 4.49. The molecule has 1 atom stereocenters. The van der Waals surface area contributed by atoms with E-state index in [0.29, 0.717) is 0 Å². The third-order valence-electron chi connectivity index (χ3n) is 4.85. The maximum atomic E-state index is 12.5. The quantitative estimate of drug-likeness (QED) is 0.413. The van der Waals surface area contributed by atoms with Crippen molar-refractivity contribution in [2.45, 2.75) is 64.7 Å². The molecule has 1 aliphatic rings. The van der Waals surface area contributed by atoms with E-state index in [1.165, 1.54) is 5.57 Å². The monoisotopic (exact) mass is 346 g/mol. The van der Waals surface area contributed by atoms with Crippen LogP contribution in [0.2, 0.25) is 0 Å². The number of phenolic OH excluding ortho intramolecular Hbond substituents is 1. The molecule has 1 aromatic rings. The second-order valence-corrected chi connectivity index (χ2v) is 6.87. The van der Waals surface area contributed by atoms with Gasteiger partial charge >= 0.3 is 5.97 Å². The molecule has 0 unspecified atom stereocenters. The fourth-order valence-corrected chi connectivity index (χ4v) is 3.52. The van der Waals surface area contributed by atoms with Gasteiger partial charge in [0.25, 0.3) is 0 Å². The summed E-state index contributed by atoms with van der Waals surface area (Å²) in [5, 5.41) is 19.8. The molecule has 2 N–H and O–H groups in total. The summed E-state index contributed by atoms with van der Waals surface area (Å²) in [6, 6.07) is 3.91. The largest absolute Gasteiger partial charge is 0.507 e. The lowest BCUT2D eigenvalue weighted by Crippen LogP contribution is -2.13. The summed E-state index contributed by atoms with van der Waals surface area (Å²) in [7, 11) is 0. The Bertz CT molecular complexity index is 619. The zero-order valence-corrected chi connectivity index (χ0v) is 15.4. The highest BCUT2D eigenvalue weighted by molar-refractivity contribution is 5.94. The molecule has 0 bridgehead atoms. The highest BCUT2D eigenvalue weighted by atomic mass is 16.5. The van der Waals surface area contributed by atoms with Crippen LogP contribution in [0, 0.1) is 0 Å². The van der Waals surface area contributed by atoms with Crippen LogP contribution in [0.5, 0.6) is 5.75 Å². The number of esters is 1. The van der Waals surface area contributed by atoms with Gasteiger partial charge in [-0.1, -0.05) is 43.5 Å². The first-order valence-electron chi connectivity index (χ1n) is 9.38. The molecule has 4 nitrogen and oxygen atoms in total. The van der Waals surface area contributed by atoms with E-state index in [2.05, 4.69) is 19.9 Å². The Hall–Kier alpha value is -1.81. The molecule has 0 saturated carbocycles. The first-order chi connectivity index (χ1) is 12.1. The zero-order valence-electron chi connectivity index (χ0n) is 15.4. The van der Waals surface area contributed by atoms with Crippen molar-refractivity contribution in [3.8, 4) is 5.75 Å². The summed E-state index contributed by atoms with van der Waals surface area (Å²) < 4.78 is 5.10. The Labute approximate surface area is 150 Å². The molecule has 1 aromatic carbocycles. The van der Waals surface area contributed by atoms with Crippen molar-refractivity contribution in [2.75, 3.05) is 13.2 Å². The molecule has 4 heteroatoms. The first-order valence-corrected chi connectivity index (χ1v) is 9.38. The minimum absolute atomic E-state index is 0.0490. The SMILES string of the molecule is CCCCCc1ccc([C@@H]2C=C(C)CCC2)c(O)c1C(=O)OCCO. The molecule has 25 heavy (non-hydrogen) atoms. The minimum atomic E-state index is -0.545. The Kier molecular flexibility index (Phi) is 7.51. The molecule has 138 valence electrons. The molecular weight excluding hydrogens is 316 g/mol. The third kappa shape index (κ3) is 5.08. The van der Waals surface area contributed by atoms with Crippen molar-refractivity contribution in [3.63, 3.8) is 0 Å². The van der Waals surface area contributed by atoms with Crippen LogP contribution in [-0.4, -0.2) is 29.4 Å². The number of aryl methyl sites for hydroxylation is 1. The number of allylic oxidation sites excluding steroid dienone is 2. The summed E-state index contributed by atoms with van der Waals surface area (Å²) in [5.74, 6) is -0.355. The van der Waals surface area contributed by atoms with Gasteiger partial charge in [-0.3, -0.25) is 0 Å². The fraction of sp³-hybridized carbons (Fsp3) is 0.571. The van der Waals surface area contributed by atoms with Crippen molar-refractivity contribution in [1.82, 2.24) is 0 Å². The number of phenols is 1. The maximum Gasteiger partial charge on any atom is 0.342 e. The number of aliphatic hydroxyl groups is 1. The topological polar surface area (TPSA) is 66.8 Å². The number of unbranched alkanes of at least 4 members (excludes halogenated alkanes) is 2. The van der Waals surface area contributed by atoms with Crippen molar-refractivity contribution in [2.24, 2.45) is 0 Å². The van der Waals surface area contributed by atoms with E-state index in [1.54, 1.807) is 0 Å². The molecule has 0 aliphatic heterocycles. The van der Waals surface area contributed by atoms with Gasteiger partial charge in [0.05, 0.1) is 6.61 Å². The average Bonchev–Trinajstić information content (AvgIpc) is 2.60. The van der Waals surface area contributed by atoms with Crippen LogP contribution in [0.15, 0.2) is 23.8 Å². The Morgan fingerprint density at radius 3 is 2.80 bits per heavy atom. The van der Waals surface area contributed by atoms with Crippen LogP contribution >= 0.6 is 0 Å². The van der Waals surface area contributed by atoms with E-state index in [0.717, 1.165) is 56.1 Å². The van der Waals surface area contributed by atoms with Crippen molar-refractivity contribution < 1.29 is 19.7 Å². The molecule has 0 spiro atoms. The average molecular weight is 346 g/mol. The van der Waals surface area contributed by atoms with Crippen LogP contribution < -0.4 is 0 Å².